The monoisotopic (exact) mass is 368 g/mol. The molecule has 0 radical (unpaired) electrons. The minimum absolute atomic E-state index is 0.223. The number of hydrogen-bond donors (Lipinski definition) is 1. The molecule has 0 amide bonds. The third-order valence-electron chi connectivity index (χ3n) is 3.67. The van der Waals surface area contributed by atoms with Crippen LogP contribution in [0.3, 0.4) is 0 Å². The number of fused-ring (bicyclic) bond motifs is 1. The molecular weight excluding hydrogens is 361 g/mol. The zero-order valence-corrected chi connectivity index (χ0v) is 13.2. The van der Waals surface area contributed by atoms with Crippen molar-refractivity contribution in [3.05, 3.63) is 68.4 Å². The summed E-state index contributed by atoms with van der Waals surface area (Å²) in [6.45, 7) is 1.23. The smallest absolute Gasteiger partial charge is 0.341 e. The van der Waals surface area contributed by atoms with Crippen LogP contribution in [0, 0.1) is 24.4 Å². The average Bonchev–Trinajstić information content (AvgIpc) is 2.53. The summed E-state index contributed by atoms with van der Waals surface area (Å²) in [4.78, 5) is 27.5. The molecule has 2 aromatic heterocycles. The first-order chi connectivity index (χ1) is 11.7. The van der Waals surface area contributed by atoms with E-state index in [0.29, 0.717) is 6.07 Å². The van der Waals surface area contributed by atoms with Crippen LogP contribution in [0.1, 0.15) is 15.9 Å². The minimum atomic E-state index is -1.59. The Morgan fingerprint density at radius 2 is 1.96 bits per heavy atom. The first-order valence-electron chi connectivity index (χ1n) is 6.82. The molecule has 0 saturated carbocycles. The van der Waals surface area contributed by atoms with Gasteiger partial charge >= 0.3 is 5.97 Å². The maximum Gasteiger partial charge on any atom is 0.341 e. The van der Waals surface area contributed by atoms with Crippen LogP contribution in [0.25, 0.3) is 16.7 Å². The number of benzene rings is 1. The highest BCUT2D eigenvalue weighted by molar-refractivity contribution is 6.30. The molecule has 0 fully saturated rings. The Bertz CT molecular complexity index is 1110. The molecule has 3 rings (SSSR count). The Hall–Kier alpha value is -2.87. The van der Waals surface area contributed by atoms with E-state index in [1.165, 1.54) is 6.92 Å². The number of carboxylic acids is 1. The molecule has 0 aliphatic rings. The second kappa shape index (κ2) is 5.89. The number of aryl methyl sites for hydroxylation is 1. The van der Waals surface area contributed by atoms with Crippen molar-refractivity contribution in [1.29, 1.82) is 0 Å². The van der Waals surface area contributed by atoms with Gasteiger partial charge < -0.3 is 5.11 Å². The van der Waals surface area contributed by atoms with Gasteiger partial charge in [0, 0.05) is 17.8 Å². The number of nitrogens with zero attached hydrogens (tertiary/aromatic N) is 2. The zero-order valence-electron chi connectivity index (χ0n) is 12.5. The van der Waals surface area contributed by atoms with Crippen molar-refractivity contribution in [3.63, 3.8) is 0 Å². The summed E-state index contributed by atoms with van der Waals surface area (Å²) in [5, 5.41) is 8.30. The summed E-state index contributed by atoms with van der Waals surface area (Å²) in [6.07, 6.45) is 0.837. The van der Waals surface area contributed by atoms with E-state index in [0.717, 1.165) is 22.9 Å². The second-order valence-corrected chi connectivity index (χ2v) is 5.54. The van der Waals surface area contributed by atoms with E-state index in [9.17, 15) is 27.9 Å². The van der Waals surface area contributed by atoms with Crippen LogP contribution in [0.4, 0.5) is 13.2 Å². The van der Waals surface area contributed by atoms with Gasteiger partial charge in [-0.3, -0.25) is 9.36 Å². The summed E-state index contributed by atoms with van der Waals surface area (Å²) >= 11 is 5.70. The Balaban J connectivity index is 2.57. The number of carboxylic acid groups (broad SMARTS) is 1. The van der Waals surface area contributed by atoms with Crippen molar-refractivity contribution in [2.75, 3.05) is 0 Å². The van der Waals surface area contributed by atoms with Crippen LogP contribution >= 0.6 is 11.6 Å². The second-order valence-electron chi connectivity index (χ2n) is 5.18. The molecule has 0 spiro atoms. The molecule has 25 heavy (non-hydrogen) atoms. The van der Waals surface area contributed by atoms with Crippen molar-refractivity contribution in [3.8, 4) is 5.69 Å². The predicted octanol–water partition coefficient (Wildman–Crippen LogP) is 3.46. The molecule has 3 aromatic rings. The van der Waals surface area contributed by atoms with Crippen LogP contribution in [0.5, 0.6) is 0 Å². The molecule has 128 valence electrons. The third kappa shape index (κ3) is 2.64. The number of aromatic nitrogens is 2. The fraction of sp³-hybridized carbons (Fsp3) is 0.0625. The van der Waals surface area contributed by atoms with Gasteiger partial charge in [0.15, 0.2) is 16.6 Å². The van der Waals surface area contributed by atoms with Crippen LogP contribution < -0.4 is 5.43 Å². The summed E-state index contributed by atoms with van der Waals surface area (Å²) in [5.74, 6) is -4.45. The highest BCUT2D eigenvalue weighted by Crippen LogP contribution is 2.26. The maximum absolute atomic E-state index is 14.2. The van der Waals surface area contributed by atoms with Gasteiger partial charge in [0.2, 0.25) is 5.43 Å². The fourth-order valence-corrected chi connectivity index (χ4v) is 2.69. The number of carbonyl (C=O) groups is 1. The molecular formula is C16H8ClF3N2O3. The Morgan fingerprint density at radius 3 is 2.56 bits per heavy atom. The minimum Gasteiger partial charge on any atom is -0.477 e. The number of hydrogen-bond acceptors (Lipinski definition) is 3. The first-order valence-corrected chi connectivity index (χ1v) is 7.20. The maximum atomic E-state index is 14.2. The van der Waals surface area contributed by atoms with Crippen LogP contribution in [-0.2, 0) is 0 Å². The molecule has 1 aromatic carbocycles. The van der Waals surface area contributed by atoms with E-state index in [4.69, 9.17) is 11.6 Å². The normalized spacial score (nSPS) is 11.1. The zero-order chi connectivity index (χ0) is 18.5. The quantitative estimate of drug-likeness (QED) is 0.703. The van der Waals surface area contributed by atoms with Crippen molar-refractivity contribution >= 4 is 28.6 Å². The molecule has 0 unspecified atom stereocenters. The molecule has 0 bridgehead atoms. The Morgan fingerprint density at radius 1 is 1.28 bits per heavy atom. The van der Waals surface area contributed by atoms with E-state index in [1.54, 1.807) is 0 Å². The Kier molecular flexibility index (Phi) is 4.00. The van der Waals surface area contributed by atoms with Crippen LogP contribution in [0.2, 0.25) is 5.15 Å². The number of halogens is 4. The van der Waals surface area contributed by atoms with Crippen molar-refractivity contribution < 1.29 is 23.1 Å². The predicted molar refractivity (Wildman–Crippen MR) is 83.9 cm³/mol. The van der Waals surface area contributed by atoms with Crippen molar-refractivity contribution in [2.24, 2.45) is 0 Å². The van der Waals surface area contributed by atoms with Gasteiger partial charge in [-0.15, -0.1) is 0 Å². The van der Waals surface area contributed by atoms with Crippen molar-refractivity contribution in [2.45, 2.75) is 6.92 Å². The summed E-state index contributed by atoms with van der Waals surface area (Å²) in [7, 11) is 0. The lowest BCUT2D eigenvalue weighted by atomic mass is 10.1. The average molecular weight is 369 g/mol. The fourth-order valence-electron chi connectivity index (χ4n) is 2.47. The highest BCUT2D eigenvalue weighted by Gasteiger charge is 2.22. The van der Waals surface area contributed by atoms with E-state index in [-0.39, 0.29) is 22.3 Å². The molecule has 0 aliphatic heterocycles. The molecule has 0 aliphatic carbocycles. The first kappa shape index (κ1) is 17.0. The largest absolute Gasteiger partial charge is 0.477 e. The summed E-state index contributed by atoms with van der Waals surface area (Å²) in [5.41, 5.74) is -2.45. The van der Waals surface area contributed by atoms with Gasteiger partial charge in [-0.25, -0.2) is 22.9 Å². The lowest BCUT2D eigenvalue weighted by Crippen LogP contribution is -2.21. The molecule has 9 heteroatoms. The Labute approximate surface area is 142 Å². The third-order valence-corrected chi connectivity index (χ3v) is 3.92. The highest BCUT2D eigenvalue weighted by atomic mass is 35.5. The lowest BCUT2D eigenvalue weighted by molar-refractivity contribution is 0.0695. The summed E-state index contributed by atoms with van der Waals surface area (Å²) < 4.78 is 42.3. The van der Waals surface area contributed by atoms with Crippen LogP contribution in [0.15, 0.2) is 29.2 Å². The summed E-state index contributed by atoms with van der Waals surface area (Å²) in [6, 6.07) is 2.56. The van der Waals surface area contributed by atoms with E-state index in [1.807, 2.05) is 0 Å². The lowest BCUT2D eigenvalue weighted by Gasteiger charge is -2.14. The van der Waals surface area contributed by atoms with E-state index in [2.05, 4.69) is 4.98 Å². The molecule has 0 atom stereocenters. The van der Waals surface area contributed by atoms with Gasteiger partial charge in [0.1, 0.15) is 17.2 Å². The number of rotatable bonds is 2. The molecule has 1 N–H and O–H groups in total. The molecule has 5 nitrogen and oxygen atoms in total. The van der Waals surface area contributed by atoms with E-state index < -0.39 is 39.6 Å². The topological polar surface area (TPSA) is 72.2 Å². The molecule has 2 heterocycles. The SMILES string of the molecule is Cc1c(F)c(Cl)nc2c1c(=O)c(C(=O)O)cn2-c1ccc(F)cc1F. The van der Waals surface area contributed by atoms with Crippen molar-refractivity contribution in [1.82, 2.24) is 9.55 Å². The van der Waals surface area contributed by atoms with Gasteiger partial charge in [0.25, 0.3) is 0 Å². The number of aromatic carboxylic acids is 1. The van der Waals surface area contributed by atoms with Crippen LogP contribution in [-0.4, -0.2) is 20.6 Å². The number of pyridine rings is 2. The van der Waals surface area contributed by atoms with E-state index >= 15 is 0 Å². The van der Waals surface area contributed by atoms with Gasteiger partial charge in [-0.2, -0.15) is 0 Å². The standard InChI is InChI=1S/C16H8ClF3N2O3/c1-6-11-13(23)8(16(24)25)5-22(15(11)21-14(17)12(6)20)10-3-2-7(18)4-9(10)19/h2-5H,1H3,(H,24,25). The van der Waals surface area contributed by atoms with Gasteiger partial charge in [-0.1, -0.05) is 11.6 Å². The molecule has 0 saturated heterocycles. The van der Waals surface area contributed by atoms with Gasteiger partial charge in [0.05, 0.1) is 11.1 Å². The van der Waals surface area contributed by atoms with Gasteiger partial charge in [-0.05, 0) is 19.1 Å².